The largest absolute Gasteiger partial charge is 0.454 e. The van der Waals surface area contributed by atoms with Crippen molar-refractivity contribution in [2.75, 3.05) is 6.79 Å². The molecule has 0 N–H and O–H groups in total. The molecule has 1 saturated heterocycles. The van der Waals surface area contributed by atoms with E-state index in [9.17, 15) is 10.1 Å². The maximum atomic E-state index is 12.8. The van der Waals surface area contributed by atoms with Crippen molar-refractivity contribution >= 4 is 12.0 Å². The lowest BCUT2D eigenvalue weighted by Crippen LogP contribution is -2.47. The van der Waals surface area contributed by atoms with Gasteiger partial charge in [0, 0.05) is 12.1 Å². The number of nitrogens with zero attached hydrogens (tertiary/aromatic N) is 2. The lowest BCUT2D eigenvalue weighted by Gasteiger charge is -2.38. The summed E-state index contributed by atoms with van der Waals surface area (Å²) in [6, 6.07) is 7.79. The molecule has 120 valence electrons. The van der Waals surface area contributed by atoms with Crippen LogP contribution in [0.4, 0.5) is 0 Å². The fourth-order valence-electron chi connectivity index (χ4n) is 3.27. The molecule has 2 aliphatic rings. The predicted octanol–water partition coefficient (Wildman–Crippen LogP) is 3.11. The molecule has 23 heavy (non-hydrogen) atoms. The number of likely N-dealkylation sites (tertiary alicyclic amines) is 1. The minimum Gasteiger partial charge on any atom is -0.454 e. The van der Waals surface area contributed by atoms with Crippen LogP contribution in [0, 0.1) is 11.3 Å². The average Bonchev–Trinajstić information content (AvgIpc) is 2.99. The Morgan fingerprint density at radius 2 is 1.96 bits per heavy atom. The number of amides is 1. The number of hydrogen-bond acceptors (Lipinski definition) is 4. The normalized spacial score (nSPS) is 23.5. The van der Waals surface area contributed by atoms with E-state index >= 15 is 0 Å². The lowest BCUT2D eigenvalue weighted by molar-refractivity contribution is -0.132. The van der Waals surface area contributed by atoms with Crippen molar-refractivity contribution in [2.45, 2.75) is 45.2 Å². The number of rotatable bonds is 2. The molecule has 0 saturated carbocycles. The summed E-state index contributed by atoms with van der Waals surface area (Å²) in [5, 5.41) is 9.43. The highest BCUT2D eigenvalue weighted by Gasteiger charge is 2.30. The summed E-state index contributed by atoms with van der Waals surface area (Å²) in [6.07, 6.45) is 4.72. The van der Waals surface area contributed by atoms with Gasteiger partial charge in [-0.05, 0) is 56.9 Å². The zero-order valence-electron chi connectivity index (χ0n) is 13.4. The van der Waals surface area contributed by atoms with Crippen LogP contribution >= 0.6 is 0 Å². The summed E-state index contributed by atoms with van der Waals surface area (Å²) < 4.78 is 10.6. The first-order chi connectivity index (χ1) is 11.1. The topological polar surface area (TPSA) is 62.6 Å². The van der Waals surface area contributed by atoms with Gasteiger partial charge in [0.25, 0.3) is 5.91 Å². The van der Waals surface area contributed by atoms with Crippen LogP contribution in [-0.4, -0.2) is 29.7 Å². The maximum absolute atomic E-state index is 12.8. The number of piperidine rings is 1. The number of carbonyl (C=O) groups is 1. The lowest BCUT2D eigenvalue weighted by atomic mass is 9.96. The Labute approximate surface area is 136 Å². The summed E-state index contributed by atoms with van der Waals surface area (Å²) in [5.41, 5.74) is 0.918. The smallest absolute Gasteiger partial charge is 0.265 e. The molecule has 5 nitrogen and oxygen atoms in total. The van der Waals surface area contributed by atoms with Gasteiger partial charge in [0.2, 0.25) is 6.79 Å². The molecule has 2 heterocycles. The van der Waals surface area contributed by atoms with Gasteiger partial charge < -0.3 is 14.4 Å². The Bertz CT molecular complexity index is 680. The number of ether oxygens (including phenoxy) is 2. The number of hydrogen-bond donors (Lipinski definition) is 0. The molecule has 3 rings (SSSR count). The standard InChI is InChI=1S/C18H20N2O3/c1-12-4-3-5-13(2)20(12)18(21)15(10-19)8-14-6-7-16-17(9-14)23-11-22-16/h6-9,12-13H,3-5,11H2,1-2H3/b15-8+/t12-,13-/m0/s1. The van der Waals surface area contributed by atoms with Crippen LogP contribution in [0.15, 0.2) is 23.8 Å². The molecule has 5 heteroatoms. The molecule has 1 aromatic carbocycles. The Hall–Kier alpha value is -2.48. The Kier molecular flexibility index (Phi) is 4.24. The third-order valence-corrected chi connectivity index (χ3v) is 4.49. The first-order valence-corrected chi connectivity index (χ1v) is 7.94. The van der Waals surface area contributed by atoms with E-state index in [4.69, 9.17) is 9.47 Å². The molecule has 1 amide bonds. The quantitative estimate of drug-likeness (QED) is 0.622. The van der Waals surface area contributed by atoms with Crippen molar-refractivity contribution in [1.82, 2.24) is 4.90 Å². The van der Waals surface area contributed by atoms with E-state index in [-0.39, 0.29) is 30.4 Å². The van der Waals surface area contributed by atoms with E-state index in [1.54, 1.807) is 18.2 Å². The highest BCUT2D eigenvalue weighted by atomic mass is 16.7. The van der Waals surface area contributed by atoms with Crippen LogP contribution < -0.4 is 9.47 Å². The Balaban J connectivity index is 1.87. The summed E-state index contributed by atoms with van der Waals surface area (Å²) in [7, 11) is 0. The second-order valence-corrected chi connectivity index (χ2v) is 6.12. The Morgan fingerprint density at radius 1 is 1.26 bits per heavy atom. The highest BCUT2D eigenvalue weighted by Crippen LogP contribution is 2.33. The fourth-order valence-corrected chi connectivity index (χ4v) is 3.27. The van der Waals surface area contributed by atoms with Crippen molar-refractivity contribution in [2.24, 2.45) is 0 Å². The van der Waals surface area contributed by atoms with Crippen LogP contribution in [0.2, 0.25) is 0 Å². The molecular formula is C18H20N2O3. The van der Waals surface area contributed by atoms with Crippen molar-refractivity contribution in [3.8, 4) is 17.6 Å². The third-order valence-electron chi connectivity index (χ3n) is 4.49. The first kappa shape index (κ1) is 15.4. The molecule has 0 bridgehead atoms. The van der Waals surface area contributed by atoms with Gasteiger partial charge in [-0.15, -0.1) is 0 Å². The van der Waals surface area contributed by atoms with E-state index < -0.39 is 0 Å². The minimum absolute atomic E-state index is 0.157. The molecular weight excluding hydrogens is 292 g/mol. The summed E-state index contributed by atoms with van der Waals surface area (Å²) in [6.45, 7) is 4.29. The SMILES string of the molecule is C[C@H]1CCC[C@H](C)N1C(=O)/C(C#N)=C/c1ccc2c(c1)OCO2. The summed E-state index contributed by atoms with van der Waals surface area (Å²) >= 11 is 0. The molecule has 1 aromatic rings. The van der Waals surface area contributed by atoms with Gasteiger partial charge in [-0.3, -0.25) is 4.79 Å². The molecule has 2 atom stereocenters. The zero-order chi connectivity index (χ0) is 16.4. The maximum Gasteiger partial charge on any atom is 0.265 e. The summed E-state index contributed by atoms with van der Waals surface area (Å²) in [5.74, 6) is 1.14. The molecule has 0 radical (unpaired) electrons. The van der Waals surface area contributed by atoms with Crippen LogP contribution in [0.1, 0.15) is 38.7 Å². The second kappa shape index (κ2) is 6.33. The highest BCUT2D eigenvalue weighted by molar-refractivity contribution is 6.02. The van der Waals surface area contributed by atoms with Crippen LogP contribution in [0.5, 0.6) is 11.5 Å². The zero-order valence-corrected chi connectivity index (χ0v) is 13.4. The predicted molar refractivity (Wildman–Crippen MR) is 85.8 cm³/mol. The Morgan fingerprint density at radius 3 is 2.65 bits per heavy atom. The van der Waals surface area contributed by atoms with Gasteiger partial charge in [-0.25, -0.2) is 0 Å². The van der Waals surface area contributed by atoms with Gasteiger partial charge in [-0.2, -0.15) is 5.26 Å². The molecule has 0 aromatic heterocycles. The van der Waals surface area contributed by atoms with Crippen molar-refractivity contribution < 1.29 is 14.3 Å². The average molecular weight is 312 g/mol. The van der Waals surface area contributed by atoms with Gasteiger partial charge in [-0.1, -0.05) is 6.07 Å². The minimum atomic E-state index is -0.190. The van der Waals surface area contributed by atoms with Gasteiger partial charge in [0.1, 0.15) is 11.6 Å². The van der Waals surface area contributed by atoms with Gasteiger partial charge in [0.15, 0.2) is 11.5 Å². The van der Waals surface area contributed by atoms with Gasteiger partial charge in [0.05, 0.1) is 0 Å². The summed E-state index contributed by atoms with van der Waals surface area (Å²) in [4.78, 5) is 14.6. The third kappa shape index (κ3) is 3.02. The van der Waals surface area contributed by atoms with Crippen molar-refractivity contribution in [1.29, 1.82) is 5.26 Å². The van der Waals surface area contributed by atoms with Crippen LogP contribution in [0.25, 0.3) is 6.08 Å². The van der Waals surface area contributed by atoms with E-state index in [1.165, 1.54) is 0 Å². The van der Waals surface area contributed by atoms with Crippen LogP contribution in [-0.2, 0) is 4.79 Å². The first-order valence-electron chi connectivity index (χ1n) is 7.94. The van der Waals surface area contributed by atoms with E-state index in [2.05, 4.69) is 6.07 Å². The van der Waals surface area contributed by atoms with E-state index in [0.717, 1.165) is 24.8 Å². The van der Waals surface area contributed by atoms with E-state index in [1.807, 2.05) is 24.8 Å². The fraction of sp³-hybridized carbons (Fsp3) is 0.444. The van der Waals surface area contributed by atoms with Crippen molar-refractivity contribution in [3.05, 3.63) is 29.3 Å². The number of benzene rings is 1. The monoisotopic (exact) mass is 312 g/mol. The molecule has 2 aliphatic heterocycles. The van der Waals surface area contributed by atoms with Crippen LogP contribution in [0.3, 0.4) is 0 Å². The molecule has 0 aliphatic carbocycles. The molecule has 0 unspecified atom stereocenters. The van der Waals surface area contributed by atoms with Crippen molar-refractivity contribution in [3.63, 3.8) is 0 Å². The molecule has 1 fully saturated rings. The second-order valence-electron chi connectivity index (χ2n) is 6.12. The molecule has 0 spiro atoms. The number of fused-ring (bicyclic) bond motifs is 1. The number of carbonyl (C=O) groups excluding carboxylic acids is 1. The van der Waals surface area contributed by atoms with Gasteiger partial charge >= 0.3 is 0 Å². The van der Waals surface area contributed by atoms with E-state index in [0.29, 0.717) is 11.5 Å². The number of nitriles is 1.